The number of fused-ring (bicyclic) bond motifs is 2. The quantitative estimate of drug-likeness (QED) is 0.0741. The van der Waals surface area contributed by atoms with Gasteiger partial charge in [0.2, 0.25) is 23.6 Å². The highest BCUT2D eigenvalue weighted by atomic mass is 35.5. The first kappa shape index (κ1) is 46.6. The van der Waals surface area contributed by atoms with Gasteiger partial charge in [-0.15, -0.1) is 0 Å². The van der Waals surface area contributed by atoms with Gasteiger partial charge in [0.05, 0.1) is 54.5 Å². The number of nitrogens with zero attached hydrogens (tertiary/aromatic N) is 3. The Kier molecular flexibility index (Phi) is 14.9. The number of aromatic nitrogens is 1. The van der Waals surface area contributed by atoms with Gasteiger partial charge < -0.3 is 29.7 Å². The van der Waals surface area contributed by atoms with E-state index in [1.54, 1.807) is 53.6 Å². The summed E-state index contributed by atoms with van der Waals surface area (Å²) in [5.41, 5.74) is 3.34. The third-order valence-electron chi connectivity index (χ3n) is 13.2. The number of imide groups is 2. The number of halogens is 2. The fourth-order valence-corrected chi connectivity index (χ4v) is 9.69. The number of piperidine rings is 2. The third-order valence-corrected chi connectivity index (χ3v) is 13.5. The van der Waals surface area contributed by atoms with Crippen LogP contribution >= 0.6 is 11.6 Å². The molecule has 66 heavy (non-hydrogen) atoms. The summed E-state index contributed by atoms with van der Waals surface area (Å²) in [6.07, 6.45) is 6.86. The Bertz CT molecular complexity index is 2490. The first-order valence-corrected chi connectivity index (χ1v) is 23.2. The zero-order valence-corrected chi connectivity index (χ0v) is 37.6. The molecule has 15 nitrogen and oxygen atoms in total. The molecule has 348 valence electrons. The molecule has 4 heterocycles. The van der Waals surface area contributed by atoms with E-state index in [0.717, 1.165) is 47.0 Å². The summed E-state index contributed by atoms with van der Waals surface area (Å²) in [6.45, 7) is 4.46. The Balaban J connectivity index is 0.698. The molecule has 1 aliphatic carbocycles. The van der Waals surface area contributed by atoms with Crippen LogP contribution in [0.2, 0.25) is 5.02 Å². The van der Waals surface area contributed by atoms with Gasteiger partial charge in [-0.2, -0.15) is 0 Å². The second kappa shape index (κ2) is 21.1. The minimum atomic E-state index is -1.04. The number of hydrogen-bond donors (Lipinski definition) is 3. The molecule has 0 radical (unpaired) electrons. The number of pyridine rings is 1. The average Bonchev–Trinajstić information content (AvgIpc) is 3.57. The van der Waals surface area contributed by atoms with Crippen LogP contribution in [0, 0.1) is 17.7 Å². The van der Waals surface area contributed by atoms with E-state index in [4.69, 9.17) is 25.8 Å². The Morgan fingerprint density at radius 1 is 0.894 bits per heavy atom. The summed E-state index contributed by atoms with van der Waals surface area (Å²) >= 11 is 6.54. The van der Waals surface area contributed by atoms with E-state index < -0.39 is 29.7 Å². The zero-order valence-electron chi connectivity index (χ0n) is 36.8. The smallest absolute Gasteiger partial charge is 0.264 e. The highest BCUT2D eigenvalue weighted by Crippen LogP contribution is 2.41. The van der Waals surface area contributed by atoms with Crippen molar-refractivity contribution in [3.8, 4) is 5.75 Å². The van der Waals surface area contributed by atoms with Gasteiger partial charge in [0, 0.05) is 73.8 Å². The summed E-state index contributed by atoms with van der Waals surface area (Å²) in [4.78, 5) is 83.9. The normalized spacial score (nSPS) is 20.6. The average molecular weight is 925 g/mol. The molecule has 3 fully saturated rings. The molecule has 6 amide bonds. The van der Waals surface area contributed by atoms with E-state index in [1.807, 2.05) is 13.0 Å². The number of likely N-dealkylation sites (tertiary alicyclic amines) is 1. The number of amides is 6. The Morgan fingerprint density at radius 2 is 1.67 bits per heavy atom. The maximum Gasteiger partial charge on any atom is 0.264 e. The maximum absolute atomic E-state index is 14.1. The van der Waals surface area contributed by atoms with Crippen molar-refractivity contribution in [1.82, 2.24) is 20.1 Å². The van der Waals surface area contributed by atoms with Crippen LogP contribution < -0.4 is 20.7 Å². The van der Waals surface area contributed by atoms with Crippen LogP contribution in [0.5, 0.6) is 5.75 Å². The van der Waals surface area contributed by atoms with Crippen molar-refractivity contribution in [1.29, 1.82) is 0 Å². The largest absolute Gasteiger partial charge is 0.489 e. The van der Waals surface area contributed by atoms with E-state index >= 15 is 0 Å². The molecule has 0 bridgehead atoms. The number of nitrogens with one attached hydrogen (secondary N) is 3. The van der Waals surface area contributed by atoms with Crippen LogP contribution in [-0.2, 0) is 28.7 Å². The molecule has 8 rings (SSSR count). The summed E-state index contributed by atoms with van der Waals surface area (Å²) in [5, 5.41) is 9.70. The second-order valence-corrected chi connectivity index (χ2v) is 17.8. The zero-order chi connectivity index (χ0) is 46.3. The third kappa shape index (κ3) is 10.7. The number of rotatable bonds is 17. The summed E-state index contributed by atoms with van der Waals surface area (Å²) in [6, 6.07) is 15.8. The van der Waals surface area contributed by atoms with E-state index in [9.17, 15) is 33.2 Å². The molecular formula is C49H54ClFN6O9. The molecule has 3 aromatic carbocycles. The number of hydrogen-bond acceptors (Lipinski definition) is 11. The van der Waals surface area contributed by atoms with Crippen molar-refractivity contribution < 1.29 is 47.4 Å². The highest BCUT2D eigenvalue weighted by Gasteiger charge is 2.45. The van der Waals surface area contributed by atoms with Crippen molar-refractivity contribution in [2.24, 2.45) is 11.8 Å². The molecular weight excluding hydrogens is 871 g/mol. The van der Waals surface area contributed by atoms with Gasteiger partial charge in [-0.3, -0.25) is 44.0 Å². The molecule has 2 atom stereocenters. The summed E-state index contributed by atoms with van der Waals surface area (Å²) in [5.74, 6) is -1.80. The molecule has 0 spiro atoms. The number of carbonyl (C=O) groups excluding carboxylic acids is 6. The number of benzene rings is 3. The van der Waals surface area contributed by atoms with E-state index in [0.29, 0.717) is 60.5 Å². The van der Waals surface area contributed by atoms with Crippen molar-refractivity contribution in [2.75, 3.05) is 56.7 Å². The minimum absolute atomic E-state index is 0.00948. The van der Waals surface area contributed by atoms with Crippen LogP contribution in [0.4, 0.5) is 15.8 Å². The van der Waals surface area contributed by atoms with Crippen molar-refractivity contribution >= 4 is 69.3 Å². The predicted octanol–water partition coefficient (Wildman–Crippen LogP) is 6.88. The van der Waals surface area contributed by atoms with Crippen LogP contribution in [0.15, 0.2) is 66.9 Å². The van der Waals surface area contributed by atoms with Gasteiger partial charge >= 0.3 is 0 Å². The van der Waals surface area contributed by atoms with Crippen molar-refractivity contribution in [3.63, 3.8) is 0 Å². The Hall–Kier alpha value is -5.97. The van der Waals surface area contributed by atoms with E-state index in [1.165, 1.54) is 12.1 Å². The van der Waals surface area contributed by atoms with Gasteiger partial charge in [-0.05, 0) is 98.0 Å². The second-order valence-electron chi connectivity index (χ2n) is 17.4. The van der Waals surface area contributed by atoms with Gasteiger partial charge in [0.1, 0.15) is 23.7 Å². The monoisotopic (exact) mass is 924 g/mol. The van der Waals surface area contributed by atoms with Gasteiger partial charge in [-0.25, -0.2) is 4.39 Å². The number of carbonyl (C=O) groups is 6. The van der Waals surface area contributed by atoms with E-state index in [-0.39, 0.29) is 92.4 Å². The molecule has 3 aliphatic heterocycles. The van der Waals surface area contributed by atoms with Crippen LogP contribution in [0.25, 0.3) is 10.9 Å². The molecule has 17 heteroatoms. The number of anilines is 2. The minimum Gasteiger partial charge on any atom is -0.489 e. The fourth-order valence-electron chi connectivity index (χ4n) is 9.53. The van der Waals surface area contributed by atoms with Crippen LogP contribution in [0.1, 0.15) is 96.9 Å². The van der Waals surface area contributed by atoms with Crippen LogP contribution in [0.3, 0.4) is 0 Å². The lowest BCUT2D eigenvalue weighted by molar-refractivity contribution is -0.136. The molecule has 1 saturated carbocycles. The Labute approximate surface area is 387 Å². The maximum atomic E-state index is 14.1. The first-order chi connectivity index (χ1) is 31.9. The SMILES string of the molecule is C[C@@H](C(=O)Nc1ccc(Cl)c(OC2CCN(C(=O)CCOCCOCCNc3cccc4c3C(=O)N(C3CCC(=O)NC3=O)C4=O)CC2)c1)C1CCC(c2ccnc3ccc(F)cc23)CC1. The van der Waals surface area contributed by atoms with Crippen LogP contribution in [-0.4, -0.2) is 108 Å². The lowest BCUT2D eigenvalue weighted by Crippen LogP contribution is -2.54. The molecule has 4 aliphatic rings. The summed E-state index contributed by atoms with van der Waals surface area (Å²) < 4.78 is 31.7. The van der Waals surface area contributed by atoms with Crippen molar-refractivity contribution in [2.45, 2.75) is 82.8 Å². The van der Waals surface area contributed by atoms with Gasteiger partial charge in [0.25, 0.3) is 11.8 Å². The lowest BCUT2D eigenvalue weighted by atomic mass is 9.73. The molecule has 1 aromatic heterocycles. The first-order valence-electron chi connectivity index (χ1n) is 22.8. The topological polar surface area (TPSA) is 186 Å². The Morgan fingerprint density at radius 3 is 2.44 bits per heavy atom. The van der Waals surface area contributed by atoms with Gasteiger partial charge in [0.15, 0.2) is 0 Å². The van der Waals surface area contributed by atoms with Gasteiger partial charge in [-0.1, -0.05) is 24.6 Å². The fraction of sp³-hybridized carbons (Fsp3) is 0.449. The highest BCUT2D eigenvalue weighted by molar-refractivity contribution is 6.32. The predicted molar refractivity (Wildman–Crippen MR) is 244 cm³/mol. The molecule has 4 aromatic rings. The molecule has 1 unspecified atom stereocenters. The summed E-state index contributed by atoms with van der Waals surface area (Å²) in [7, 11) is 0. The number of ether oxygens (including phenoxy) is 3. The lowest BCUT2D eigenvalue weighted by Gasteiger charge is -2.33. The van der Waals surface area contributed by atoms with E-state index in [2.05, 4.69) is 20.9 Å². The van der Waals surface area contributed by atoms with Crippen molar-refractivity contribution in [3.05, 3.63) is 94.4 Å². The standard InChI is InChI=1S/C49H54ClFN6O9/c1-29(30-5-7-31(8-6-30)35-15-19-52-39-12-9-32(51)27-37(35)39)46(60)54-33-10-11-38(50)42(28-33)66-34-16-21-56(22-17-34)44(59)18-23-64-25-26-65-24-20-53-40-4-2-3-36-45(40)49(63)57(48(36)62)41-13-14-43(58)55-47(41)61/h2-4,9-12,15,19,27-31,34,41,53H,5-8,13-14,16-18,20-26H2,1H3,(H,54,60)(H,55,58,61)/t29-,30?,31?,41?/m1/s1. The molecule has 3 N–H and O–H groups in total. The molecule has 2 saturated heterocycles.